The molecule has 0 aromatic carbocycles. The van der Waals surface area contributed by atoms with Crippen LogP contribution in [0.3, 0.4) is 0 Å². The average molecular weight is 568 g/mol. The average Bonchev–Trinajstić information content (AvgIpc) is 2.96. The Kier molecular flexibility index (Phi) is 30.3. The minimum Gasteiger partial charge on any atom is -0.466 e. The van der Waals surface area contributed by atoms with Crippen LogP contribution >= 0.6 is 0 Å². The van der Waals surface area contributed by atoms with Crippen molar-refractivity contribution in [3.63, 3.8) is 0 Å². The third-order valence-electron chi connectivity index (χ3n) is 8.33. The van der Waals surface area contributed by atoms with Gasteiger partial charge in [0.15, 0.2) is 0 Å². The van der Waals surface area contributed by atoms with Crippen LogP contribution in [-0.2, 0) is 19.1 Å². The highest BCUT2D eigenvalue weighted by atomic mass is 16.5. The maximum Gasteiger partial charge on any atom is 0.305 e. The van der Waals surface area contributed by atoms with Crippen LogP contribution in [0.25, 0.3) is 0 Å². The van der Waals surface area contributed by atoms with Crippen LogP contribution in [0.15, 0.2) is 0 Å². The highest BCUT2D eigenvalue weighted by molar-refractivity contribution is 5.69. The lowest BCUT2D eigenvalue weighted by molar-refractivity contribution is -0.143. The molecule has 0 saturated carbocycles. The van der Waals surface area contributed by atoms with E-state index in [-0.39, 0.29) is 5.97 Å². The largest absolute Gasteiger partial charge is 0.466 e. The molecular formula is C35H69NO4. The summed E-state index contributed by atoms with van der Waals surface area (Å²) in [4.78, 5) is 24.2. The molecule has 5 nitrogen and oxygen atoms in total. The molecule has 0 aromatic rings. The number of nitrogens with zero attached hydrogens (tertiary/aromatic N) is 1. The molecule has 1 saturated heterocycles. The van der Waals surface area contributed by atoms with Crippen LogP contribution < -0.4 is 0 Å². The first-order valence-corrected chi connectivity index (χ1v) is 17.4. The zero-order valence-electron chi connectivity index (χ0n) is 27.4. The molecule has 40 heavy (non-hydrogen) atoms. The van der Waals surface area contributed by atoms with E-state index in [1.807, 2.05) is 7.11 Å². The van der Waals surface area contributed by atoms with Gasteiger partial charge in [0, 0.05) is 26.1 Å². The van der Waals surface area contributed by atoms with Crippen LogP contribution in [0, 0.1) is 11.8 Å². The Morgan fingerprint density at radius 3 is 1.73 bits per heavy atom. The Morgan fingerprint density at radius 2 is 1.23 bits per heavy atom. The van der Waals surface area contributed by atoms with E-state index in [4.69, 9.17) is 9.47 Å². The fraction of sp³-hybridized carbons (Fsp3) is 0.943. The van der Waals surface area contributed by atoms with E-state index in [0.717, 1.165) is 64.0 Å². The van der Waals surface area contributed by atoms with Gasteiger partial charge in [-0.15, -0.1) is 0 Å². The Morgan fingerprint density at radius 1 is 0.750 bits per heavy atom. The summed E-state index contributed by atoms with van der Waals surface area (Å²) in [7, 11) is 3.94. The number of hydrogen-bond acceptors (Lipinski definition) is 5. The third kappa shape index (κ3) is 27.2. The van der Waals surface area contributed by atoms with E-state index in [1.54, 1.807) is 0 Å². The molecule has 0 aliphatic carbocycles. The molecule has 238 valence electrons. The standard InChI is InChI=1S/C28H56O3.C7H13NO/c1-4-6-8-10-11-12-15-18-22-27(26-30-3)23-19-16-13-14-17-20-24-28(29)31-25-21-9-7-5-2;1-8-4-2-7(6-9)3-5-8/h27H,4-26H2,1-3H3;6-7H,2-5H2,1H3. The molecule has 0 aromatic heterocycles. The van der Waals surface area contributed by atoms with Crippen molar-refractivity contribution < 1.29 is 19.1 Å². The van der Waals surface area contributed by atoms with Gasteiger partial charge >= 0.3 is 5.97 Å². The number of carbonyl (C=O) groups excluding carboxylic acids is 2. The minimum atomic E-state index is -0.000125. The topological polar surface area (TPSA) is 55.8 Å². The van der Waals surface area contributed by atoms with Crippen molar-refractivity contribution in [3.8, 4) is 0 Å². The molecule has 1 atom stereocenters. The SMILES string of the molecule is CCCCCCCCCCC(CCCCCCCCC(=O)OCCCCCC)COC.CN1CCC(C=O)CC1. The summed E-state index contributed by atoms with van der Waals surface area (Å²) in [6.45, 7) is 8.19. The maximum absolute atomic E-state index is 11.7. The summed E-state index contributed by atoms with van der Waals surface area (Å²) in [6.07, 6.45) is 29.6. The number of rotatable bonds is 26. The number of carbonyl (C=O) groups is 2. The van der Waals surface area contributed by atoms with Gasteiger partial charge in [-0.05, 0) is 64.6 Å². The third-order valence-corrected chi connectivity index (χ3v) is 8.33. The number of methoxy groups -OCH3 is 1. The highest BCUT2D eigenvalue weighted by Crippen LogP contribution is 2.20. The Hall–Kier alpha value is -0.940. The molecule has 1 heterocycles. The van der Waals surface area contributed by atoms with Crippen molar-refractivity contribution >= 4 is 12.3 Å². The molecule has 1 unspecified atom stereocenters. The summed E-state index contributed by atoms with van der Waals surface area (Å²) in [5.74, 6) is 1.10. The molecule has 1 aliphatic heterocycles. The van der Waals surface area contributed by atoms with Crippen molar-refractivity contribution in [3.05, 3.63) is 0 Å². The number of hydrogen-bond donors (Lipinski definition) is 0. The van der Waals surface area contributed by atoms with Crippen LogP contribution in [0.5, 0.6) is 0 Å². The van der Waals surface area contributed by atoms with E-state index < -0.39 is 0 Å². The molecule has 0 bridgehead atoms. The second-order valence-corrected chi connectivity index (χ2v) is 12.3. The second kappa shape index (κ2) is 31.0. The van der Waals surface area contributed by atoms with Gasteiger partial charge in [-0.25, -0.2) is 0 Å². The van der Waals surface area contributed by atoms with Crippen LogP contribution in [-0.4, -0.2) is 57.6 Å². The predicted molar refractivity (Wildman–Crippen MR) is 171 cm³/mol. The van der Waals surface area contributed by atoms with Gasteiger partial charge in [0.1, 0.15) is 6.29 Å². The zero-order valence-corrected chi connectivity index (χ0v) is 27.4. The van der Waals surface area contributed by atoms with Gasteiger partial charge in [0.25, 0.3) is 0 Å². The summed E-state index contributed by atoms with van der Waals surface area (Å²) in [5.41, 5.74) is 0. The number of piperidine rings is 1. The Labute approximate surface area is 249 Å². The summed E-state index contributed by atoms with van der Waals surface area (Å²) >= 11 is 0. The summed E-state index contributed by atoms with van der Waals surface area (Å²) in [6, 6.07) is 0. The quantitative estimate of drug-likeness (QED) is 0.0592. The van der Waals surface area contributed by atoms with Crippen molar-refractivity contribution in [1.29, 1.82) is 0 Å². The Balaban J connectivity index is 0.00000141. The first-order valence-electron chi connectivity index (χ1n) is 17.4. The molecule has 1 rings (SSSR count). The fourth-order valence-electron chi connectivity index (χ4n) is 5.47. The molecule has 5 heteroatoms. The number of aldehydes is 1. The smallest absolute Gasteiger partial charge is 0.305 e. The molecule has 0 radical (unpaired) electrons. The molecule has 0 spiro atoms. The van der Waals surface area contributed by atoms with Crippen molar-refractivity contribution in [1.82, 2.24) is 4.90 Å². The zero-order chi connectivity index (χ0) is 29.5. The van der Waals surface area contributed by atoms with Gasteiger partial charge < -0.3 is 19.2 Å². The molecule has 1 fully saturated rings. The highest BCUT2D eigenvalue weighted by Gasteiger charge is 2.14. The molecule has 0 amide bonds. The fourth-order valence-corrected chi connectivity index (χ4v) is 5.47. The molecular weight excluding hydrogens is 498 g/mol. The predicted octanol–water partition coefficient (Wildman–Crippen LogP) is 9.55. The van der Waals surface area contributed by atoms with E-state index >= 15 is 0 Å². The van der Waals surface area contributed by atoms with Crippen molar-refractivity contribution in [2.45, 2.75) is 162 Å². The number of unbranched alkanes of at least 4 members (excludes halogenated alkanes) is 15. The van der Waals surface area contributed by atoms with Crippen LogP contribution in [0.4, 0.5) is 0 Å². The normalized spacial score (nSPS) is 14.9. The minimum absolute atomic E-state index is 0.000125. The van der Waals surface area contributed by atoms with Crippen molar-refractivity contribution in [2.75, 3.05) is 40.5 Å². The van der Waals surface area contributed by atoms with Gasteiger partial charge in [-0.3, -0.25) is 4.79 Å². The van der Waals surface area contributed by atoms with Gasteiger partial charge in [0.05, 0.1) is 6.61 Å². The lowest BCUT2D eigenvalue weighted by Gasteiger charge is -2.25. The van der Waals surface area contributed by atoms with E-state index in [9.17, 15) is 9.59 Å². The number of ether oxygens (including phenoxy) is 2. The Bertz CT molecular complexity index is 533. The summed E-state index contributed by atoms with van der Waals surface area (Å²) < 4.78 is 10.8. The lowest BCUT2D eigenvalue weighted by atomic mass is 9.94. The molecule has 1 aliphatic rings. The van der Waals surface area contributed by atoms with Crippen molar-refractivity contribution in [2.24, 2.45) is 11.8 Å². The van der Waals surface area contributed by atoms with Crippen LogP contribution in [0.2, 0.25) is 0 Å². The lowest BCUT2D eigenvalue weighted by Crippen LogP contribution is -2.30. The van der Waals surface area contributed by atoms with E-state index in [2.05, 4.69) is 25.8 Å². The first-order chi connectivity index (χ1) is 19.6. The molecule has 0 N–H and O–H groups in total. The first kappa shape index (κ1) is 39.1. The number of likely N-dealkylation sites (tertiary alicyclic amines) is 1. The van der Waals surface area contributed by atoms with Gasteiger partial charge in [-0.2, -0.15) is 0 Å². The number of esters is 1. The van der Waals surface area contributed by atoms with Gasteiger partial charge in [-0.1, -0.05) is 117 Å². The van der Waals surface area contributed by atoms with E-state index in [1.165, 1.54) is 109 Å². The second-order valence-electron chi connectivity index (χ2n) is 12.3. The van der Waals surface area contributed by atoms with Crippen LogP contribution in [0.1, 0.15) is 162 Å². The summed E-state index contributed by atoms with van der Waals surface area (Å²) in [5, 5.41) is 0. The maximum atomic E-state index is 11.7. The van der Waals surface area contributed by atoms with E-state index in [0.29, 0.717) is 18.9 Å². The van der Waals surface area contributed by atoms with Gasteiger partial charge in [0.2, 0.25) is 0 Å². The monoisotopic (exact) mass is 568 g/mol.